The average molecular weight is 232 g/mol. The summed E-state index contributed by atoms with van der Waals surface area (Å²) in [6, 6.07) is 0. The third-order valence-electron chi connectivity index (χ3n) is 3.25. The van der Waals surface area contributed by atoms with Gasteiger partial charge in [-0.25, -0.2) is 0 Å². The maximum atomic E-state index is 3.63. The van der Waals surface area contributed by atoms with Crippen LogP contribution in [0, 0.1) is 5.41 Å². The number of rotatable bonds is 3. The first-order valence-electron chi connectivity index (χ1n) is 5.13. The zero-order chi connectivity index (χ0) is 8.44. The lowest BCUT2D eigenvalue weighted by atomic mass is 10.1. The average Bonchev–Trinajstić information content (AvgIpc) is 2.88. The van der Waals surface area contributed by atoms with Gasteiger partial charge in [-0.2, -0.15) is 0 Å². The molecule has 0 aromatic rings. The standard InChI is InChI=1S/C10H18BrN/c11-8-10(4-5-10)9-12-6-2-1-3-7-12/h1-9H2. The van der Waals surface area contributed by atoms with Crippen LogP contribution in [0.15, 0.2) is 0 Å². The highest BCUT2D eigenvalue weighted by Gasteiger charge is 2.42. The zero-order valence-electron chi connectivity index (χ0n) is 7.69. The Morgan fingerprint density at radius 2 is 1.75 bits per heavy atom. The molecular formula is C10H18BrN. The van der Waals surface area contributed by atoms with E-state index >= 15 is 0 Å². The fourth-order valence-electron chi connectivity index (χ4n) is 2.10. The fourth-order valence-corrected chi connectivity index (χ4v) is 2.84. The summed E-state index contributed by atoms with van der Waals surface area (Å²) in [7, 11) is 0. The van der Waals surface area contributed by atoms with E-state index in [1.807, 2.05) is 0 Å². The monoisotopic (exact) mass is 231 g/mol. The molecule has 0 spiro atoms. The van der Waals surface area contributed by atoms with E-state index in [4.69, 9.17) is 0 Å². The molecule has 0 aromatic carbocycles. The summed E-state index contributed by atoms with van der Waals surface area (Å²) in [5, 5.41) is 1.22. The molecule has 70 valence electrons. The van der Waals surface area contributed by atoms with E-state index in [9.17, 15) is 0 Å². The van der Waals surface area contributed by atoms with Crippen LogP contribution < -0.4 is 0 Å². The highest BCUT2D eigenvalue weighted by Crippen LogP contribution is 2.47. The molecule has 0 atom stereocenters. The Morgan fingerprint density at radius 1 is 1.08 bits per heavy atom. The number of piperidine rings is 1. The SMILES string of the molecule is BrCC1(CN2CCCCC2)CC1. The van der Waals surface area contributed by atoms with Crippen molar-refractivity contribution in [2.75, 3.05) is 25.0 Å². The van der Waals surface area contributed by atoms with Gasteiger partial charge in [0.25, 0.3) is 0 Å². The Morgan fingerprint density at radius 3 is 2.25 bits per heavy atom. The smallest absolute Gasteiger partial charge is 0.0100 e. The molecule has 1 aliphatic heterocycles. The fraction of sp³-hybridized carbons (Fsp3) is 1.00. The van der Waals surface area contributed by atoms with Crippen molar-refractivity contribution in [3.63, 3.8) is 0 Å². The molecular weight excluding hydrogens is 214 g/mol. The molecule has 12 heavy (non-hydrogen) atoms. The van der Waals surface area contributed by atoms with Crippen molar-refractivity contribution in [3.05, 3.63) is 0 Å². The number of likely N-dealkylation sites (tertiary alicyclic amines) is 1. The molecule has 1 saturated heterocycles. The Kier molecular flexibility index (Phi) is 2.75. The Bertz CT molecular complexity index is 148. The van der Waals surface area contributed by atoms with Crippen molar-refractivity contribution in [2.24, 2.45) is 5.41 Å². The quantitative estimate of drug-likeness (QED) is 0.676. The van der Waals surface area contributed by atoms with Crippen molar-refractivity contribution in [1.29, 1.82) is 0 Å². The first-order valence-corrected chi connectivity index (χ1v) is 6.25. The number of nitrogens with zero attached hydrogens (tertiary/aromatic N) is 1. The van der Waals surface area contributed by atoms with Crippen LogP contribution in [0.25, 0.3) is 0 Å². The van der Waals surface area contributed by atoms with Gasteiger partial charge in [0, 0.05) is 11.9 Å². The zero-order valence-corrected chi connectivity index (χ0v) is 9.28. The summed E-state index contributed by atoms with van der Waals surface area (Å²) in [6.07, 6.45) is 7.22. The van der Waals surface area contributed by atoms with Crippen LogP contribution in [0.4, 0.5) is 0 Å². The van der Waals surface area contributed by atoms with E-state index in [0.29, 0.717) is 5.41 Å². The van der Waals surface area contributed by atoms with Gasteiger partial charge in [0.1, 0.15) is 0 Å². The predicted octanol–water partition coefficient (Wildman–Crippen LogP) is 2.65. The van der Waals surface area contributed by atoms with Gasteiger partial charge in [0.05, 0.1) is 0 Å². The van der Waals surface area contributed by atoms with Crippen LogP contribution in [0.3, 0.4) is 0 Å². The number of hydrogen-bond donors (Lipinski definition) is 0. The second-order valence-electron chi connectivity index (χ2n) is 4.47. The lowest BCUT2D eigenvalue weighted by Gasteiger charge is -2.29. The Balaban J connectivity index is 1.77. The minimum atomic E-state index is 0.692. The summed E-state index contributed by atoms with van der Waals surface area (Å²) >= 11 is 3.63. The van der Waals surface area contributed by atoms with Crippen LogP contribution in [-0.2, 0) is 0 Å². The predicted molar refractivity (Wildman–Crippen MR) is 55.8 cm³/mol. The number of halogens is 1. The minimum absolute atomic E-state index is 0.692. The number of alkyl halides is 1. The van der Waals surface area contributed by atoms with Crippen LogP contribution in [-0.4, -0.2) is 29.9 Å². The minimum Gasteiger partial charge on any atom is -0.303 e. The van der Waals surface area contributed by atoms with Crippen molar-refractivity contribution in [3.8, 4) is 0 Å². The summed E-state index contributed by atoms with van der Waals surface area (Å²) in [5.74, 6) is 0. The topological polar surface area (TPSA) is 3.24 Å². The van der Waals surface area contributed by atoms with E-state index in [0.717, 1.165) is 0 Å². The van der Waals surface area contributed by atoms with Crippen LogP contribution in [0.1, 0.15) is 32.1 Å². The first-order chi connectivity index (χ1) is 5.85. The van der Waals surface area contributed by atoms with E-state index in [2.05, 4.69) is 20.8 Å². The van der Waals surface area contributed by atoms with Crippen molar-refractivity contribution >= 4 is 15.9 Å². The molecule has 2 aliphatic rings. The molecule has 2 rings (SSSR count). The second kappa shape index (κ2) is 3.67. The van der Waals surface area contributed by atoms with E-state index in [1.165, 1.54) is 57.1 Å². The maximum absolute atomic E-state index is 3.63. The van der Waals surface area contributed by atoms with Crippen LogP contribution in [0.2, 0.25) is 0 Å². The molecule has 0 unspecified atom stereocenters. The number of hydrogen-bond acceptors (Lipinski definition) is 1. The third kappa shape index (κ3) is 2.02. The van der Waals surface area contributed by atoms with Gasteiger partial charge in [-0.05, 0) is 44.2 Å². The maximum Gasteiger partial charge on any atom is 0.0100 e. The van der Waals surface area contributed by atoms with Gasteiger partial charge >= 0.3 is 0 Å². The summed E-state index contributed by atoms with van der Waals surface area (Å²) < 4.78 is 0. The molecule has 0 amide bonds. The van der Waals surface area contributed by atoms with E-state index in [1.54, 1.807) is 0 Å². The van der Waals surface area contributed by atoms with Crippen molar-refractivity contribution < 1.29 is 0 Å². The molecule has 0 bridgehead atoms. The Labute approximate surface area is 83.6 Å². The Hall–Kier alpha value is 0.440. The molecule has 1 aliphatic carbocycles. The van der Waals surface area contributed by atoms with Gasteiger partial charge in [-0.1, -0.05) is 22.4 Å². The van der Waals surface area contributed by atoms with Gasteiger partial charge in [0.15, 0.2) is 0 Å². The highest BCUT2D eigenvalue weighted by molar-refractivity contribution is 9.09. The van der Waals surface area contributed by atoms with Crippen LogP contribution in [0.5, 0.6) is 0 Å². The molecule has 0 N–H and O–H groups in total. The lowest BCUT2D eigenvalue weighted by Crippen LogP contribution is -2.35. The molecule has 2 fully saturated rings. The van der Waals surface area contributed by atoms with Gasteiger partial charge in [0.2, 0.25) is 0 Å². The van der Waals surface area contributed by atoms with Crippen LogP contribution >= 0.6 is 15.9 Å². The molecule has 1 heterocycles. The summed E-state index contributed by atoms with van der Waals surface area (Å²) in [5.41, 5.74) is 0.692. The largest absolute Gasteiger partial charge is 0.303 e. The molecule has 1 nitrogen and oxygen atoms in total. The highest BCUT2D eigenvalue weighted by atomic mass is 79.9. The van der Waals surface area contributed by atoms with Gasteiger partial charge < -0.3 is 4.90 Å². The molecule has 0 aromatic heterocycles. The van der Waals surface area contributed by atoms with Crippen molar-refractivity contribution in [1.82, 2.24) is 4.90 Å². The summed E-state index contributed by atoms with van der Waals surface area (Å²) in [4.78, 5) is 2.66. The third-order valence-corrected chi connectivity index (χ3v) is 4.44. The normalized spacial score (nSPS) is 28.8. The second-order valence-corrected chi connectivity index (χ2v) is 5.03. The first kappa shape index (κ1) is 9.01. The van der Waals surface area contributed by atoms with E-state index < -0.39 is 0 Å². The molecule has 2 heteroatoms. The molecule has 0 radical (unpaired) electrons. The molecule has 1 saturated carbocycles. The lowest BCUT2D eigenvalue weighted by molar-refractivity contribution is 0.195. The summed E-state index contributed by atoms with van der Waals surface area (Å²) in [6.45, 7) is 4.07. The van der Waals surface area contributed by atoms with Crippen molar-refractivity contribution in [2.45, 2.75) is 32.1 Å². The van der Waals surface area contributed by atoms with Gasteiger partial charge in [-0.15, -0.1) is 0 Å². The van der Waals surface area contributed by atoms with E-state index in [-0.39, 0.29) is 0 Å². The van der Waals surface area contributed by atoms with Gasteiger partial charge in [-0.3, -0.25) is 0 Å².